The number of hydrogen-bond acceptors (Lipinski definition) is 3. The highest BCUT2D eigenvalue weighted by Crippen LogP contribution is 2.24. The second-order valence-corrected chi connectivity index (χ2v) is 5.93. The molecule has 0 atom stereocenters. The molecule has 0 aromatic heterocycles. The van der Waals surface area contributed by atoms with E-state index >= 15 is 0 Å². The van der Waals surface area contributed by atoms with Gasteiger partial charge in [0.1, 0.15) is 6.54 Å². The number of aliphatic carboxylic acids is 1. The molecule has 1 aliphatic heterocycles. The topological polar surface area (TPSA) is 43.8 Å². The first-order chi connectivity index (χ1) is 10.1. The van der Waals surface area contributed by atoms with Crippen molar-refractivity contribution < 1.29 is 9.90 Å². The molecule has 1 aromatic rings. The standard InChI is InChI=1S/C17H26N2O2/c1-3-10-18-11-8-16(9-12-18)19(13-17(20)21)15-6-4-14(2)5-7-15/h4-7,16H,3,8-13H2,1-2H3,(H,20,21). The maximum Gasteiger partial charge on any atom is 0.323 e. The van der Waals surface area contributed by atoms with Crippen molar-refractivity contribution in [2.75, 3.05) is 31.1 Å². The number of hydrogen-bond donors (Lipinski definition) is 1. The lowest BCUT2D eigenvalue weighted by molar-refractivity contribution is -0.135. The quantitative estimate of drug-likeness (QED) is 0.875. The molecule has 1 heterocycles. The molecule has 1 aliphatic rings. The molecule has 0 spiro atoms. The lowest BCUT2D eigenvalue weighted by Crippen LogP contribution is -2.47. The summed E-state index contributed by atoms with van der Waals surface area (Å²) in [5.41, 5.74) is 2.23. The van der Waals surface area contributed by atoms with Crippen LogP contribution in [0, 0.1) is 6.92 Å². The van der Waals surface area contributed by atoms with E-state index in [0.29, 0.717) is 6.04 Å². The average Bonchev–Trinajstić information content (AvgIpc) is 2.47. The maximum atomic E-state index is 11.2. The predicted molar refractivity (Wildman–Crippen MR) is 85.9 cm³/mol. The largest absolute Gasteiger partial charge is 0.480 e. The molecule has 0 amide bonds. The van der Waals surface area contributed by atoms with Crippen LogP contribution in [0.15, 0.2) is 24.3 Å². The summed E-state index contributed by atoms with van der Waals surface area (Å²) in [5, 5.41) is 9.21. The van der Waals surface area contributed by atoms with Gasteiger partial charge in [0.05, 0.1) is 0 Å². The Morgan fingerprint density at radius 3 is 2.43 bits per heavy atom. The number of carboxylic acids is 1. The van der Waals surface area contributed by atoms with Gasteiger partial charge >= 0.3 is 5.97 Å². The number of benzene rings is 1. The minimum atomic E-state index is -0.758. The van der Waals surface area contributed by atoms with E-state index in [9.17, 15) is 9.90 Å². The zero-order chi connectivity index (χ0) is 15.2. The van der Waals surface area contributed by atoms with Crippen LogP contribution in [-0.4, -0.2) is 48.2 Å². The number of likely N-dealkylation sites (tertiary alicyclic amines) is 1. The Bertz CT molecular complexity index is 450. The van der Waals surface area contributed by atoms with Crippen molar-refractivity contribution in [1.82, 2.24) is 4.90 Å². The van der Waals surface area contributed by atoms with E-state index in [1.54, 1.807) is 0 Å². The highest BCUT2D eigenvalue weighted by Gasteiger charge is 2.25. The molecule has 116 valence electrons. The molecule has 0 saturated carbocycles. The minimum Gasteiger partial charge on any atom is -0.480 e. The van der Waals surface area contributed by atoms with Crippen molar-refractivity contribution in [2.24, 2.45) is 0 Å². The molecule has 0 bridgehead atoms. The van der Waals surface area contributed by atoms with Gasteiger partial charge in [0.25, 0.3) is 0 Å². The molecular weight excluding hydrogens is 264 g/mol. The van der Waals surface area contributed by atoms with Crippen LogP contribution in [0.25, 0.3) is 0 Å². The van der Waals surface area contributed by atoms with Crippen molar-refractivity contribution >= 4 is 11.7 Å². The van der Waals surface area contributed by atoms with Gasteiger partial charge in [-0.05, 0) is 44.9 Å². The van der Waals surface area contributed by atoms with Crippen molar-refractivity contribution in [2.45, 2.75) is 39.2 Å². The second kappa shape index (κ2) is 7.46. The van der Waals surface area contributed by atoms with Crippen LogP contribution >= 0.6 is 0 Å². The van der Waals surface area contributed by atoms with E-state index < -0.39 is 5.97 Å². The average molecular weight is 290 g/mol. The van der Waals surface area contributed by atoms with Crippen LogP contribution in [0.3, 0.4) is 0 Å². The molecule has 1 saturated heterocycles. The first-order valence-electron chi connectivity index (χ1n) is 7.87. The van der Waals surface area contributed by atoms with Gasteiger partial charge in [0, 0.05) is 24.8 Å². The Balaban J connectivity index is 2.06. The third kappa shape index (κ3) is 4.46. The van der Waals surface area contributed by atoms with Crippen LogP contribution in [-0.2, 0) is 4.79 Å². The van der Waals surface area contributed by atoms with E-state index in [4.69, 9.17) is 0 Å². The number of carboxylic acid groups (broad SMARTS) is 1. The zero-order valence-corrected chi connectivity index (χ0v) is 13.1. The Kier molecular flexibility index (Phi) is 5.62. The summed E-state index contributed by atoms with van der Waals surface area (Å²) < 4.78 is 0. The summed E-state index contributed by atoms with van der Waals surface area (Å²) >= 11 is 0. The fraction of sp³-hybridized carbons (Fsp3) is 0.588. The molecule has 21 heavy (non-hydrogen) atoms. The summed E-state index contributed by atoms with van der Waals surface area (Å²) in [6.07, 6.45) is 3.27. The third-order valence-electron chi connectivity index (χ3n) is 4.21. The number of anilines is 1. The first kappa shape index (κ1) is 15.8. The van der Waals surface area contributed by atoms with E-state index in [-0.39, 0.29) is 6.54 Å². The Morgan fingerprint density at radius 1 is 1.29 bits per heavy atom. The van der Waals surface area contributed by atoms with Gasteiger partial charge in [-0.1, -0.05) is 24.6 Å². The van der Waals surface area contributed by atoms with Crippen molar-refractivity contribution in [3.05, 3.63) is 29.8 Å². The van der Waals surface area contributed by atoms with Crippen molar-refractivity contribution in [3.8, 4) is 0 Å². The second-order valence-electron chi connectivity index (χ2n) is 5.93. The fourth-order valence-electron chi connectivity index (χ4n) is 3.08. The predicted octanol–water partition coefficient (Wildman–Crippen LogP) is 2.76. The molecule has 0 radical (unpaired) electrons. The number of rotatable bonds is 6. The van der Waals surface area contributed by atoms with Crippen LogP contribution in [0.5, 0.6) is 0 Å². The molecule has 1 fully saturated rings. The Morgan fingerprint density at radius 2 is 1.90 bits per heavy atom. The summed E-state index contributed by atoms with van der Waals surface area (Å²) in [5.74, 6) is -0.758. The van der Waals surface area contributed by atoms with E-state index in [0.717, 1.165) is 38.2 Å². The molecular formula is C17H26N2O2. The molecule has 1 N–H and O–H groups in total. The molecule has 0 unspecified atom stereocenters. The van der Waals surface area contributed by atoms with Crippen LogP contribution in [0.1, 0.15) is 31.7 Å². The zero-order valence-electron chi connectivity index (χ0n) is 13.1. The van der Waals surface area contributed by atoms with Crippen LogP contribution in [0.2, 0.25) is 0 Å². The number of carbonyl (C=O) groups is 1. The molecule has 4 heteroatoms. The van der Waals surface area contributed by atoms with Crippen LogP contribution in [0.4, 0.5) is 5.69 Å². The number of aryl methyl sites for hydroxylation is 1. The van der Waals surface area contributed by atoms with Gasteiger partial charge in [-0.3, -0.25) is 4.79 Å². The maximum absolute atomic E-state index is 11.2. The van der Waals surface area contributed by atoms with Gasteiger partial charge in [0.15, 0.2) is 0 Å². The minimum absolute atomic E-state index is 0.0848. The SMILES string of the molecule is CCCN1CCC(N(CC(=O)O)c2ccc(C)cc2)CC1. The van der Waals surface area contributed by atoms with Gasteiger partial charge in [-0.2, -0.15) is 0 Å². The van der Waals surface area contributed by atoms with Crippen molar-refractivity contribution in [3.63, 3.8) is 0 Å². The molecule has 1 aromatic carbocycles. The normalized spacial score (nSPS) is 16.9. The van der Waals surface area contributed by atoms with Crippen LogP contribution < -0.4 is 4.90 Å². The summed E-state index contributed by atoms with van der Waals surface area (Å²) in [6, 6.07) is 8.51. The van der Waals surface area contributed by atoms with E-state index in [1.165, 1.54) is 12.0 Å². The molecule has 2 rings (SSSR count). The molecule has 4 nitrogen and oxygen atoms in total. The third-order valence-corrected chi connectivity index (χ3v) is 4.21. The Labute approximate surface area is 127 Å². The number of piperidine rings is 1. The van der Waals surface area contributed by atoms with Crippen molar-refractivity contribution in [1.29, 1.82) is 0 Å². The summed E-state index contributed by atoms with van der Waals surface area (Å²) in [6.45, 7) is 7.63. The van der Waals surface area contributed by atoms with Gasteiger partial charge < -0.3 is 14.9 Å². The van der Waals surface area contributed by atoms with Gasteiger partial charge in [-0.25, -0.2) is 0 Å². The van der Waals surface area contributed by atoms with Gasteiger partial charge in [-0.15, -0.1) is 0 Å². The number of nitrogens with zero attached hydrogens (tertiary/aromatic N) is 2. The van der Waals surface area contributed by atoms with E-state index in [1.807, 2.05) is 12.1 Å². The first-order valence-corrected chi connectivity index (χ1v) is 7.87. The van der Waals surface area contributed by atoms with E-state index in [2.05, 4.69) is 35.8 Å². The van der Waals surface area contributed by atoms with Gasteiger partial charge in [0.2, 0.25) is 0 Å². The highest BCUT2D eigenvalue weighted by atomic mass is 16.4. The lowest BCUT2D eigenvalue weighted by Gasteiger charge is -2.39. The highest BCUT2D eigenvalue weighted by molar-refractivity contribution is 5.74. The summed E-state index contributed by atoms with van der Waals surface area (Å²) in [7, 11) is 0. The fourth-order valence-corrected chi connectivity index (χ4v) is 3.08. The smallest absolute Gasteiger partial charge is 0.323 e. The molecule has 0 aliphatic carbocycles. The summed E-state index contributed by atoms with van der Waals surface area (Å²) in [4.78, 5) is 15.7. The monoisotopic (exact) mass is 290 g/mol. The lowest BCUT2D eigenvalue weighted by atomic mass is 10.0. The Hall–Kier alpha value is -1.55.